The summed E-state index contributed by atoms with van der Waals surface area (Å²) in [4.78, 5) is 18.6. The van der Waals surface area contributed by atoms with Gasteiger partial charge >= 0.3 is 0 Å². The molecule has 1 aromatic heterocycles. The van der Waals surface area contributed by atoms with Gasteiger partial charge in [0.2, 0.25) is 17.6 Å². The lowest BCUT2D eigenvalue weighted by molar-refractivity contribution is -0.132. The van der Waals surface area contributed by atoms with Crippen LogP contribution >= 0.6 is 0 Å². The number of hydrogen-bond acceptors (Lipinski definition) is 5. The second kappa shape index (κ2) is 8.89. The average Bonchev–Trinajstić information content (AvgIpc) is 3.12. The van der Waals surface area contributed by atoms with Gasteiger partial charge in [-0.25, -0.2) is 4.39 Å². The maximum atomic E-state index is 13.0. The Morgan fingerprint density at radius 1 is 1.31 bits per heavy atom. The first-order valence-electron chi connectivity index (χ1n) is 9.16. The number of nitrogens with zero attached hydrogens (tertiary/aromatic N) is 3. The van der Waals surface area contributed by atoms with Crippen molar-refractivity contribution in [2.45, 2.75) is 32.1 Å². The molecular formula is C19H25FN4O2. The minimum Gasteiger partial charge on any atom is -0.343 e. The normalized spacial score (nSPS) is 15.4. The molecule has 1 aliphatic heterocycles. The maximum absolute atomic E-state index is 13.0. The number of carbonyl (C=O) groups is 1. The summed E-state index contributed by atoms with van der Waals surface area (Å²) < 4.78 is 18.2. The topological polar surface area (TPSA) is 71.3 Å². The number of benzene rings is 1. The van der Waals surface area contributed by atoms with E-state index >= 15 is 0 Å². The van der Waals surface area contributed by atoms with Gasteiger partial charge in [0.1, 0.15) is 5.82 Å². The smallest absolute Gasteiger partial charge is 0.226 e. The van der Waals surface area contributed by atoms with Crippen molar-refractivity contribution in [2.24, 2.45) is 5.92 Å². The quantitative estimate of drug-likeness (QED) is 0.822. The number of aryl methyl sites for hydroxylation is 1. The highest BCUT2D eigenvalue weighted by atomic mass is 19.1. The van der Waals surface area contributed by atoms with Crippen molar-refractivity contribution >= 4 is 5.91 Å². The zero-order chi connectivity index (χ0) is 18.4. The number of halogens is 1. The summed E-state index contributed by atoms with van der Waals surface area (Å²) in [5.41, 5.74) is 0.710. The van der Waals surface area contributed by atoms with Gasteiger partial charge in [-0.15, -0.1) is 0 Å². The average molecular weight is 360 g/mol. The lowest BCUT2D eigenvalue weighted by Gasteiger charge is -2.32. The molecule has 1 aliphatic rings. The minimum atomic E-state index is -0.300. The lowest BCUT2D eigenvalue weighted by Crippen LogP contribution is -2.40. The molecule has 6 nitrogen and oxygen atoms in total. The zero-order valence-electron chi connectivity index (χ0n) is 15.1. The van der Waals surface area contributed by atoms with Gasteiger partial charge in [-0.1, -0.05) is 5.16 Å². The molecule has 1 aromatic carbocycles. The number of amides is 1. The van der Waals surface area contributed by atoms with E-state index in [1.807, 2.05) is 11.9 Å². The van der Waals surface area contributed by atoms with Crippen LogP contribution in [0.2, 0.25) is 0 Å². The maximum Gasteiger partial charge on any atom is 0.226 e. The third-order valence-corrected chi connectivity index (χ3v) is 4.81. The van der Waals surface area contributed by atoms with Crippen molar-refractivity contribution in [3.05, 3.63) is 36.0 Å². The van der Waals surface area contributed by atoms with Crippen LogP contribution in [0.1, 0.15) is 31.6 Å². The van der Waals surface area contributed by atoms with E-state index in [0.29, 0.717) is 42.5 Å². The predicted molar refractivity (Wildman–Crippen MR) is 95.9 cm³/mol. The zero-order valence-corrected chi connectivity index (χ0v) is 15.1. The molecule has 0 aliphatic carbocycles. The third-order valence-electron chi connectivity index (χ3n) is 4.81. The molecule has 1 saturated heterocycles. The second-order valence-corrected chi connectivity index (χ2v) is 6.75. The number of aromatic nitrogens is 2. The van der Waals surface area contributed by atoms with Gasteiger partial charge < -0.3 is 14.7 Å². The molecule has 0 saturated carbocycles. The highest BCUT2D eigenvalue weighted by Gasteiger charge is 2.22. The van der Waals surface area contributed by atoms with Crippen LogP contribution in [0.25, 0.3) is 11.4 Å². The molecule has 0 spiro atoms. The van der Waals surface area contributed by atoms with Gasteiger partial charge in [0, 0.05) is 31.5 Å². The van der Waals surface area contributed by atoms with Crippen LogP contribution in [-0.4, -0.2) is 47.6 Å². The van der Waals surface area contributed by atoms with Crippen LogP contribution in [0, 0.1) is 11.7 Å². The molecule has 0 radical (unpaired) electrons. The van der Waals surface area contributed by atoms with Crippen LogP contribution in [0.4, 0.5) is 4.39 Å². The summed E-state index contributed by atoms with van der Waals surface area (Å²) >= 11 is 0. The Bertz CT molecular complexity index is 709. The summed E-state index contributed by atoms with van der Waals surface area (Å²) in [5, 5.41) is 7.12. The van der Waals surface area contributed by atoms with Gasteiger partial charge in [-0.05, 0) is 63.0 Å². The Hall–Kier alpha value is -2.28. The Morgan fingerprint density at radius 2 is 2.04 bits per heavy atom. The molecule has 140 valence electrons. The summed E-state index contributed by atoms with van der Waals surface area (Å²) in [6.45, 7) is 2.72. The van der Waals surface area contributed by atoms with Crippen molar-refractivity contribution in [2.75, 3.05) is 26.7 Å². The first-order chi connectivity index (χ1) is 12.7. The van der Waals surface area contributed by atoms with Gasteiger partial charge in [-0.2, -0.15) is 4.98 Å². The molecule has 26 heavy (non-hydrogen) atoms. The highest BCUT2D eigenvalue weighted by molar-refractivity contribution is 5.76. The van der Waals surface area contributed by atoms with Gasteiger partial charge in [0.05, 0.1) is 0 Å². The first-order valence-corrected chi connectivity index (χ1v) is 9.16. The van der Waals surface area contributed by atoms with Crippen molar-refractivity contribution in [3.63, 3.8) is 0 Å². The Morgan fingerprint density at radius 3 is 2.73 bits per heavy atom. The molecule has 2 aromatic rings. The fourth-order valence-corrected chi connectivity index (χ4v) is 3.30. The number of piperidine rings is 1. The van der Waals surface area contributed by atoms with E-state index in [0.717, 1.165) is 32.5 Å². The fraction of sp³-hybridized carbons (Fsp3) is 0.526. The molecule has 0 bridgehead atoms. The molecular weight excluding hydrogens is 335 g/mol. The molecule has 0 atom stereocenters. The number of hydrogen-bond donors (Lipinski definition) is 1. The lowest BCUT2D eigenvalue weighted by atomic mass is 9.96. The number of likely N-dealkylation sites (tertiary alicyclic amines) is 1. The fourth-order valence-electron chi connectivity index (χ4n) is 3.30. The third kappa shape index (κ3) is 4.88. The van der Waals surface area contributed by atoms with Crippen LogP contribution < -0.4 is 5.32 Å². The van der Waals surface area contributed by atoms with Crippen LogP contribution in [0.5, 0.6) is 0 Å². The van der Waals surface area contributed by atoms with Crippen molar-refractivity contribution in [1.29, 1.82) is 0 Å². The molecule has 3 rings (SSSR count). The van der Waals surface area contributed by atoms with E-state index in [1.54, 1.807) is 12.1 Å². The minimum absolute atomic E-state index is 0.200. The molecule has 1 amide bonds. The van der Waals surface area contributed by atoms with Crippen molar-refractivity contribution in [1.82, 2.24) is 20.4 Å². The largest absolute Gasteiger partial charge is 0.343 e. The van der Waals surface area contributed by atoms with E-state index < -0.39 is 0 Å². The van der Waals surface area contributed by atoms with E-state index in [-0.39, 0.29) is 11.7 Å². The number of carbonyl (C=O) groups excluding carboxylic acids is 1. The standard InChI is InChI=1S/C19H25FN4O2/c1-21-13-14-9-11-24(12-10-14)18(25)4-2-3-17-22-19(23-26-17)15-5-7-16(20)8-6-15/h5-8,14,21H,2-4,9-13H2,1H3. The van der Waals surface area contributed by atoms with Crippen LogP contribution in [-0.2, 0) is 11.2 Å². The summed E-state index contributed by atoms with van der Waals surface area (Å²) in [7, 11) is 1.97. The van der Waals surface area contributed by atoms with Crippen molar-refractivity contribution in [3.8, 4) is 11.4 Å². The van der Waals surface area contributed by atoms with Crippen molar-refractivity contribution < 1.29 is 13.7 Å². The summed E-state index contributed by atoms with van der Waals surface area (Å²) in [6.07, 6.45) is 3.87. The Balaban J connectivity index is 1.42. The summed E-state index contributed by atoms with van der Waals surface area (Å²) in [5.74, 6) is 1.52. The van der Waals surface area contributed by atoms with Gasteiger partial charge in [0.15, 0.2) is 0 Å². The second-order valence-electron chi connectivity index (χ2n) is 6.75. The number of nitrogens with one attached hydrogen (secondary N) is 1. The first kappa shape index (κ1) is 18.5. The highest BCUT2D eigenvalue weighted by Crippen LogP contribution is 2.19. The van der Waals surface area contributed by atoms with Crippen LogP contribution in [0.15, 0.2) is 28.8 Å². The molecule has 0 unspecified atom stereocenters. The summed E-state index contributed by atoms with van der Waals surface area (Å²) in [6, 6.07) is 5.96. The SMILES string of the molecule is CNCC1CCN(C(=O)CCCc2nc(-c3ccc(F)cc3)no2)CC1. The molecule has 2 heterocycles. The van der Waals surface area contributed by atoms with E-state index in [4.69, 9.17) is 4.52 Å². The molecule has 7 heteroatoms. The Kier molecular flexibility index (Phi) is 6.33. The molecule has 1 N–H and O–H groups in total. The Labute approximate surface area is 152 Å². The predicted octanol–water partition coefficient (Wildman–Crippen LogP) is 2.66. The van der Waals surface area contributed by atoms with Gasteiger partial charge in [-0.3, -0.25) is 4.79 Å². The van der Waals surface area contributed by atoms with Gasteiger partial charge in [0.25, 0.3) is 0 Å². The molecule has 1 fully saturated rings. The van der Waals surface area contributed by atoms with E-state index in [2.05, 4.69) is 15.5 Å². The van der Waals surface area contributed by atoms with Crippen LogP contribution in [0.3, 0.4) is 0 Å². The van der Waals surface area contributed by atoms with E-state index in [9.17, 15) is 9.18 Å². The number of rotatable bonds is 7. The van der Waals surface area contributed by atoms with E-state index in [1.165, 1.54) is 12.1 Å². The monoisotopic (exact) mass is 360 g/mol.